The van der Waals surface area contributed by atoms with Crippen LogP contribution in [0.3, 0.4) is 0 Å². The zero-order chi connectivity index (χ0) is 14.5. The molecule has 1 atom stereocenters. The van der Waals surface area contributed by atoms with Crippen molar-refractivity contribution in [1.82, 2.24) is 14.7 Å². The molecule has 2 rings (SSSR count). The van der Waals surface area contributed by atoms with Gasteiger partial charge in [0.25, 0.3) is 0 Å². The van der Waals surface area contributed by atoms with Crippen LogP contribution in [0.15, 0.2) is 5.38 Å². The number of nitrogens with zero attached hydrogens (tertiary/aromatic N) is 2. The molecule has 0 bridgehead atoms. The number of unbranched alkanes of at least 4 members (excludes halogenated alkanes) is 2. The molecule has 0 aromatic carbocycles. The second kappa shape index (κ2) is 7.23. The Morgan fingerprint density at radius 2 is 2.10 bits per heavy atom. The molecule has 0 amide bonds. The number of nitrogens with one attached hydrogen (secondary N) is 1. The second-order valence-electron chi connectivity index (χ2n) is 5.62. The van der Waals surface area contributed by atoms with Gasteiger partial charge in [-0.3, -0.25) is 4.40 Å². The highest BCUT2D eigenvalue weighted by Crippen LogP contribution is 2.20. The van der Waals surface area contributed by atoms with Crippen molar-refractivity contribution < 1.29 is 0 Å². The van der Waals surface area contributed by atoms with Gasteiger partial charge in [0, 0.05) is 23.7 Å². The number of hydrogen-bond donors (Lipinski definition) is 1. The van der Waals surface area contributed by atoms with Crippen molar-refractivity contribution in [2.75, 3.05) is 0 Å². The molecule has 0 spiro atoms. The maximum absolute atomic E-state index is 4.65. The maximum atomic E-state index is 4.65. The van der Waals surface area contributed by atoms with Gasteiger partial charge in [0.2, 0.25) is 0 Å². The molecule has 4 heteroatoms. The molecule has 2 heterocycles. The van der Waals surface area contributed by atoms with Crippen LogP contribution in [-0.2, 0) is 6.54 Å². The first-order valence-corrected chi connectivity index (χ1v) is 8.70. The van der Waals surface area contributed by atoms with E-state index >= 15 is 0 Å². The molecule has 20 heavy (non-hydrogen) atoms. The van der Waals surface area contributed by atoms with Crippen LogP contribution < -0.4 is 5.32 Å². The molecule has 0 saturated carbocycles. The van der Waals surface area contributed by atoms with Crippen LogP contribution in [0.4, 0.5) is 0 Å². The fraction of sp³-hybridized carbons (Fsp3) is 0.688. The number of thiazole rings is 1. The predicted octanol–water partition coefficient (Wildman–Crippen LogP) is 4.46. The molecular formula is C16H27N3S. The zero-order valence-corrected chi connectivity index (χ0v) is 14.0. The minimum absolute atomic E-state index is 0.630. The monoisotopic (exact) mass is 293 g/mol. The van der Waals surface area contributed by atoms with Crippen LogP contribution in [0, 0.1) is 13.8 Å². The molecule has 1 N–H and O–H groups in total. The Balaban J connectivity index is 2.00. The number of aromatic nitrogens is 2. The van der Waals surface area contributed by atoms with E-state index in [0.717, 1.165) is 17.2 Å². The second-order valence-corrected chi connectivity index (χ2v) is 6.46. The van der Waals surface area contributed by atoms with Gasteiger partial charge in [0.05, 0.1) is 11.4 Å². The van der Waals surface area contributed by atoms with E-state index in [2.05, 4.69) is 47.8 Å². The first-order chi connectivity index (χ1) is 9.67. The molecule has 2 aromatic rings. The molecule has 112 valence electrons. The summed E-state index contributed by atoms with van der Waals surface area (Å²) in [5, 5.41) is 5.91. The summed E-state index contributed by atoms with van der Waals surface area (Å²) >= 11 is 1.73. The summed E-state index contributed by atoms with van der Waals surface area (Å²) in [7, 11) is 0. The van der Waals surface area contributed by atoms with Gasteiger partial charge in [-0.15, -0.1) is 11.3 Å². The summed E-state index contributed by atoms with van der Waals surface area (Å²) in [6, 6.07) is 0.630. The lowest BCUT2D eigenvalue weighted by Crippen LogP contribution is -2.28. The van der Waals surface area contributed by atoms with E-state index in [0.29, 0.717) is 6.04 Å². The molecule has 0 aliphatic heterocycles. The van der Waals surface area contributed by atoms with Gasteiger partial charge in [-0.25, -0.2) is 4.98 Å². The third-order valence-corrected chi connectivity index (χ3v) is 4.98. The zero-order valence-electron chi connectivity index (χ0n) is 13.2. The third kappa shape index (κ3) is 3.41. The van der Waals surface area contributed by atoms with Gasteiger partial charge in [-0.2, -0.15) is 0 Å². The summed E-state index contributed by atoms with van der Waals surface area (Å²) in [6.45, 7) is 9.74. The lowest BCUT2D eigenvalue weighted by atomic mass is 10.1. The molecule has 3 nitrogen and oxygen atoms in total. The molecule has 0 radical (unpaired) electrons. The Hall–Kier alpha value is -0.870. The highest BCUT2D eigenvalue weighted by Gasteiger charge is 2.13. The Kier molecular flexibility index (Phi) is 5.61. The Bertz CT molecular complexity index is 541. The van der Waals surface area contributed by atoms with Crippen molar-refractivity contribution in [3.8, 4) is 0 Å². The van der Waals surface area contributed by atoms with Crippen LogP contribution in [0.5, 0.6) is 0 Å². The van der Waals surface area contributed by atoms with Crippen molar-refractivity contribution >= 4 is 16.3 Å². The standard InChI is InChI=1S/C16H27N3S/c1-5-7-8-9-14(6-2)17-10-15-13(4)18-16-19(15)12(3)11-20-16/h11,14,17H,5-10H2,1-4H3. The van der Waals surface area contributed by atoms with Gasteiger partial charge >= 0.3 is 0 Å². The highest BCUT2D eigenvalue weighted by molar-refractivity contribution is 7.15. The Labute approximate surface area is 126 Å². The summed E-state index contributed by atoms with van der Waals surface area (Å²) in [4.78, 5) is 5.78. The molecule has 0 saturated heterocycles. The fourth-order valence-corrected chi connectivity index (χ4v) is 3.64. The topological polar surface area (TPSA) is 29.3 Å². The van der Waals surface area contributed by atoms with Crippen LogP contribution in [0.2, 0.25) is 0 Å². The normalized spacial score (nSPS) is 13.2. The highest BCUT2D eigenvalue weighted by atomic mass is 32.1. The van der Waals surface area contributed by atoms with Gasteiger partial charge < -0.3 is 5.32 Å². The molecule has 2 aromatic heterocycles. The first kappa shape index (κ1) is 15.5. The van der Waals surface area contributed by atoms with E-state index in [4.69, 9.17) is 0 Å². The lowest BCUT2D eigenvalue weighted by molar-refractivity contribution is 0.443. The van der Waals surface area contributed by atoms with E-state index in [-0.39, 0.29) is 0 Å². The summed E-state index contributed by atoms with van der Waals surface area (Å²) < 4.78 is 2.30. The van der Waals surface area contributed by atoms with Crippen LogP contribution >= 0.6 is 11.3 Å². The van der Waals surface area contributed by atoms with Crippen molar-refractivity contribution in [3.63, 3.8) is 0 Å². The average Bonchev–Trinajstić information content (AvgIpc) is 2.94. The van der Waals surface area contributed by atoms with Gasteiger partial charge in [0.15, 0.2) is 4.96 Å². The summed E-state index contributed by atoms with van der Waals surface area (Å²) in [6.07, 6.45) is 6.46. The number of fused-ring (bicyclic) bond motifs is 1. The Morgan fingerprint density at radius 1 is 1.30 bits per heavy atom. The lowest BCUT2D eigenvalue weighted by Gasteiger charge is -2.17. The van der Waals surface area contributed by atoms with Crippen molar-refractivity contribution in [2.45, 2.75) is 72.4 Å². The quantitative estimate of drug-likeness (QED) is 0.728. The largest absolute Gasteiger partial charge is 0.308 e. The van der Waals surface area contributed by atoms with E-state index in [1.54, 1.807) is 11.3 Å². The summed E-state index contributed by atoms with van der Waals surface area (Å²) in [5.74, 6) is 0. The van der Waals surface area contributed by atoms with Gasteiger partial charge in [0.1, 0.15) is 0 Å². The van der Waals surface area contributed by atoms with Crippen molar-refractivity contribution in [3.05, 3.63) is 22.5 Å². The maximum Gasteiger partial charge on any atom is 0.194 e. The van der Waals surface area contributed by atoms with E-state index < -0.39 is 0 Å². The van der Waals surface area contributed by atoms with Crippen LogP contribution in [-0.4, -0.2) is 15.4 Å². The Morgan fingerprint density at radius 3 is 2.80 bits per heavy atom. The molecule has 0 aliphatic rings. The third-order valence-electron chi connectivity index (χ3n) is 4.04. The SMILES string of the molecule is CCCCCC(CC)NCc1c(C)nc2scc(C)n12. The van der Waals surface area contributed by atoms with Crippen LogP contribution in [0.1, 0.15) is 63.0 Å². The smallest absolute Gasteiger partial charge is 0.194 e. The van der Waals surface area contributed by atoms with E-state index in [1.807, 2.05) is 0 Å². The first-order valence-electron chi connectivity index (χ1n) is 7.82. The number of hydrogen-bond acceptors (Lipinski definition) is 3. The molecule has 0 aliphatic carbocycles. The molecule has 1 unspecified atom stereocenters. The van der Waals surface area contributed by atoms with Gasteiger partial charge in [-0.1, -0.05) is 33.1 Å². The summed E-state index contributed by atoms with van der Waals surface area (Å²) in [5.41, 5.74) is 3.78. The van der Waals surface area contributed by atoms with E-state index in [1.165, 1.54) is 43.5 Å². The van der Waals surface area contributed by atoms with E-state index in [9.17, 15) is 0 Å². The molecular weight excluding hydrogens is 266 g/mol. The van der Waals surface area contributed by atoms with Crippen molar-refractivity contribution in [1.29, 1.82) is 0 Å². The van der Waals surface area contributed by atoms with Crippen molar-refractivity contribution in [2.24, 2.45) is 0 Å². The average molecular weight is 293 g/mol. The number of rotatable bonds is 8. The fourth-order valence-electron chi connectivity index (χ4n) is 2.71. The number of imidazole rings is 1. The molecule has 0 fully saturated rings. The van der Waals surface area contributed by atoms with Crippen LogP contribution in [0.25, 0.3) is 4.96 Å². The predicted molar refractivity (Wildman–Crippen MR) is 87.6 cm³/mol. The minimum Gasteiger partial charge on any atom is -0.308 e. The van der Waals surface area contributed by atoms with Gasteiger partial charge in [-0.05, 0) is 26.7 Å². The minimum atomic E-state index is 0.630. The number of aryl methyl sites for hydroxylation is 2.